The molecule has 2 atom stereocenters. The Kier molecular flexibility index (Phi) is 5.66. The predicted octanol–water partition coefficient (Wildman–Crippen LogP) is 2.57. The van der Waals surface area contributed by atoms with Crippen LogP contribution in [-0.2, 0) is 20.7 Å². The van der Waals surface area contributed by atoms with E-state index in [4.69, 9.17) is 4.74 Å². The van der Waals surface area contributed by atoms with Crippen molar-refractivity contribution >= 4 is 23.7 Å². The fourth-order valence-electron chi connectivity index (χ4n) is 4.07. The fraction of sp³-hybridized carbons (Fsp3) is 0.250. The summed E-state index contributed by atoms with van der Waals surface area (Å²) in [6.45, 7) is 0. The maximum Gasteiger partial charge on any atom is 0.328 e. The number of ether oxygens (including phenoxy) is 1. The minimum absolute atomic E-state index is 0.142. The highest BCUT2D eigenvalue weighted by Gasteiger charge is 2.45. The van der Waals surface area contributed by atoms with E-state index in [1.165, 1.54) is 12.0 Å². The van der Waals surface area contributed by atoms with Gasteiger partial charge < -0.3 is 9.64 Å². The lowest BCUT2D eigenvalue weighted by atomic mass is 10.00. The Morgan fingerprint density at radius 1 is 1.00 bits per heavy atom. The lowest BCUT2D eigenvalue weighted by Gasteiger charge is -2.35. The van der Waals surface area contributed by atoms with Crippen LogP contribution in [0.15, 0.2) is 66.9 Å². The molecule has 0 radical (unpaired) electrons. The van der Waals surface area contributed by atoms with Gasteiger partial charge in [0.1, 0.15) is 12.1 Å². The number of benzene rings is 2. The zero-order valence-corrected chi connectivity index (χ0v) is 17.1. The molecule has 0 saturated heterocycles. The number of methoxy groups -OCH3 is 1. The molecule has 0 saturated carbocycles. The standard InChI is InChI=1S/C24H22N2O5/c1-31-24(30)19-13-7-8-14-25(19)23(29)20(15-16-9-3-2-4-10-16)26-21(27)17-11-5-6-12-18(17)22(26)28/h2-6,8-12,14,19-20H,7,13,15H2,1H3/t19?,20-/m0/s1. The molecular weight excluding hydrogens is 396 g/mol. The average molecular weight is 418 g/mol. The number of amides is 3. The molecule has 1 unspecified atom stereocenters. The highest BCUT2D eigenvalue weighted by atomic mass is 16.5. The zero-order chi connectivity index (χ0) is 22.0. The summed E-state index contributed by atoms with van der Waals surface area (Å²) < 4.78 is 4.87. The number of esters is 1. The predicted molar refractivity (Wildman–Crippen MR) is 112 cm³/mol. The van der Waals surface area contributed by atoms with Crippen LogP contribution in [-0.4, -0.2) is 52.7 Å². The SMILES string of the molecule is COC(=O)C1CCC=CN1C(=O)[C@H](Cc1ccccc1)N1C(=O)c2ccccc2C1=O. The molecule has 2 aromatic carbocycles. The van der Waals surface area contributed by atoms with Crippen molar-refractivity contribution in [1.82, 2.24) is 9.80 Å². The molecule has 2 aliphatic rings. The molecule has 4 rings (SSSR count). The van der Waals surface area contributed by atoms with E-state index in [-0.39, 0.29) is 17.5 Å². The van der Waals surface area contributed by atoms with Crippen molar-refractivity contribution in [3.8, 4) is 0 Å². The van der Waals surface area contributed by atoms with Crippen molar-refractivity contribution in [2.75, 3.05) is 7.11 Å². The molecule has 7 heteroatoms. The Morgan fingerprint density at radius 3 is 2.23 bits per heavy atom. The summed E-state index contributed by atoms with van der Waals surface area (Å²) in [5.41, 5.74) is 1.35. The van der Waals surface area contributed by atoms with Gasteiger partial charge in [-0.15, -0.1) is 0 Å². The van der Waals surface area contributed by atoms with Gasteiger partial charge in [0.2, 0.25) is 0 Å². The average Bonchev–Trinajstić information content (AvgIpc) is 3.07. The van der Waals surface area contributed by atoms with Gasteiger partial charge in [-0.1, -0.05) is 48.5 Å². The molecule has 31 heavy (non-hydrogen) atoms. The third-order valence-corrected chi connectivity index (χ3v) is 5.63. The van der Waals surface area contributed by atoms with Crippen molar-refractivity contribution in [2.45, 2.75) is 31.3 Å². The monoisotopic (exact) mass is 418 g/mol. The van der Waals surface area contributed by atoms with E-state index in [2.05, 4.69) is 0 Å². The van der Waals surface area contributed by atoms with Crippen molar-refractivity contribution in [3.05, 3.63) is 83.6 Å². The van der Waals surface area contributed by atoms with Gasteiger partial charge in [-0.05, 0) is 30.5 Å². The second kappa shape index (κ2) is 8.55. The number of hydrogen-bond donors (Lipinski definition) is 0. The van der Waals surface area contributed by atoms with E-state index in [0.717, 1.165) is 10.5 Å². The Bertz CT molecular complexity index is 1030. The first-order valence-electron chi connectivity index (χ1n) is 10.1. The van der Waals surface area contributed by atoms with Gasteiger partial charge in [0, 0.05) is 12.6 Å². The highest BCUT2D eigenvalue weighted by Crippen LogP contribution is 2.28. The number of nitrogens with zero attached hydrogens (tertiary/aromatic N) is 2. The van der Waals surface area contributed by atoms with Crippen LogP contribution in [0.1, 0.15) is 39.1 Å². The van der Waals surface area contributed by atoms with Gasteiger partial charge in [-0.2, -0.15) is 0 Å². The minimum atomic E-state index is -1.09. The summed E-state index contributed by atoms with van der Waals surface area (Å²) in [4.78, 5) is 54.5. The number of hydrogen-bond acceptors (Lipinski definition) is 5. The van der Waals surface area contributed by atoms with E-state index in [0.29, 0.717) is 12.8 Å². The number of carbonyl (C=O) groups is 4. The molecule has 3 amide bonds. The van der Waals surface area contributed by atoms with Crippen LogP contribution in [0.3, 0.4) is 0 Å². The summed E-state index contributed by atoms with van der Waals surface area (Å²) in [6, 6.07) is 13.8. The minimum Gasteiger partial charge on any atom is -0.467 e. The van der Waals surface area contributed by atoms with Crippen LogP contribution in [0.2, 0.25) is 0 Å². The molecule has 7 nitrogen and oxygen atoms in total. The maximum atomic E-state index is 13.7. The van der Waals surface area contributed by atoms with Crippen LogP contribution >= 0.6 is 0 Å². The van der Waals surface area contributed by atoms with Gasteiger partial charge in [0.05, 0.1) is 18.2 Å². The number of fused-ring (bicyclic) bond motifs is 1. The fourth-order valence-corrected chi connectivity index (χ4v) is 4.07. The van der Waals surface area contributed by atoms with Crippen molar-refractivity contribution < 1.29 is 23.9 Å². The van der Waals surface area contributed by atoms with Gasteiger partial charge in [0.15, 0.2) is 0 Å². The first-order valence-corrected chi connectivity index (χ1v) is 10.1. The Balaban J connectivity index is 1.73. The largest absolute Gasteiger partial charge is 0.467 e. The summed E-state index contributed by atoms with van der Waals surface area (Å²) in [5, 5.41) is 0. The van der Waals surface area contributed by atoms with Gasteiger partial charge in [0.25, 0.3) is 17.7 Å². The third kappa shape index (κ3) is 3.74. The summed E-state index contributed by atoms with van der Waals surface area (Å²) in [7, 11) is 1.27. The highest BCUT2D eigenvalue weighted by molar-refractivity contribution is 6.23. The molecule has 0 N–H and O–H groups in total. The van der Waals surface area contributed by atoms with Crippen LogP contribution < -0.4 is 0 Å². The normalized spacial score (nSPS) is 18.7. The zero-order valence-electron chi connectivity index (χ0n) is 17.1. The first kappa shape index (κ1) is 20.5. The van der Waals surface area contributed by atoms with E-state index in [9.17, 15) is 19.2 Å². The van der Waals surface area contributed by atoms with E-state index < -0.39 is 35.8 Å². The van der Waals surface area contributed by atoms with Crippen LogP contribution in [0.5, 0.6) is 0 Å². The Labute approximate surface area is 179 Å². The molecule has 0 spiro atoms. The topological polar surface area (TPSA) is 84.0 Å². The molecule has 0 bridgehead atoms. The number of imide groups is 1. The second-order valence-corrected chi connectivity index (χ2v) is 7.48. The molecule has 0 aromatic heterocycles. The van der Waals surface area contributed by atoms with E-state index in [1.54, 1.807) is 36.5 Å². The second-order valence-electron chi connectivity index (χ2n) is 7.48. The van der Waals surface area contributed by atoms with E-state index in [1.807, 2.05) is 30.3 Å². The lowest BCUT2D eigenvalue weighted by molar-refractivity contribution is -0.152. The van der Waals surface area contributed by atoms with Gasteiger partial charge >= 0.3 is 5.97 Å². The maximum absolute atomic E-state index is 13.7. The molecule has 2 aliphatic heterocycles. The molecule has 2 aromatic rings. The number of allylic oxidation sites excluding steroid dienone is 1. The van der Waals surface area contributed by atoms with Crippen LogP contribution in [0.25, 0.3) is 0 Å². The van der Waals surface area contributed by atoms with Crippen LogP contribution in [0, 0.1) is 0 Å². The van der Waals surface area contributed by atoms with E-state index >= 15 is 0 Å². The summed E-state index contributed by atoms with van der Waals surface area (Å²) in [6.07, 6.45) is 4.52. The molecule has 158 valence electrons. The quantitative estimate of drug-likeness (QED) is 0.551. The molecule has 2 heterocycles. The first-order chi connectivity index (χ1) is 15.0. The third-order valence-electron chi connectivity index (χ3n) is 5.63. The number of rotatable bonds is 5. The number of carbonyl (C=O) groups excluding carboxylic acids is 4. The van der Waals surface area contributed by atoms with Gasteiger partial charge in [-0.3, -0.25) is 19.3 Å². The Hall–Kier alpha value is -3.74. The smallest absolute Gasteiger partial charge is 0.328 e. The summed E-state index contributed by atoms with van der Waals surface area (Å²) >= 11 is 0. The Morgan fingerprint density at radius 2 is 1.61 bits per heavy atom. The van der Waals surface area contributed by atoms with Crippen molar-refractivity contribution in [1.29, 1.82) is 0 Å². The van der Waals surface area contributed by atoms with Crippen molar-refractivity contribution in [2.24, 2.45) is 0 Å². The molecule has 0 fully saturated rings. The summed E-state index contributed by atoms with van der Waals surface area (Å²) in [5.74, 6) is -2.04. The van der Waals surface area contributed by atoms with Gasteiger partial charge in [-0.25, -0.2) is 4.79 Å². The molecular formula is C24H22N2O5. The van der Waals surface area contributed by atoms with Crippen LogP contribution in [0.4, 0.5) is 0 Å². The lowest BCUT2D eigenvalue weighted by Crippen LogP contribution is -2.55. The van der Waals surface area contributed by atoms with Crippen molar-refractivity contribution in [3.63, 3.8) is 0 Å². The molecule has 0 aliphatic carbocycles.